The van der Waals surface area contributed by atoms with Crippen molar-refractivity contribution in [2.24, 2.45) is 7.05 Å². The summed E-state index contributed by atoms with van der Waals surface area (Å²) < 4.78 is 27.5. The molecule has 2 N–H and O–H groups in total. The number of β-amino-alcohol motifs (C(OH)–C–C–N with tert-alkyl or cyclic N) is 1. The average Bonchev–Trinajstić information content (AvgIpc) is 2.85. The fourth-order valence-corrected chi connectivity index (χ4v) is 3.40. The molecule has 0 aromatic carbocycles. The third-order valence-electron chi connectivity index (χ3n) is 3.35. The smallest absolute Gasteiger partial charge is 0.262 e. The van der Waals surface area contributed by atoms with Crippen LogP contribution >= 0.6 is 0 Å². The van der Waals surface area contributed by atoms with Crippen LogP contribution in [0.15, 0.2) is 11.2 Å². The highest BCUT2D eigenvalue weighted by Crippen LogP contribution is 2.18. The summed E-state index contributed by atoms with van der Waals surface area (Å²) in [6, 6.07) is -0.447. The van der Waals surface area contributed by atoms with Crippen molar-refractivity contribution < 1.29 is 13.5 Å². The van der Waals surface area contributed by atoms with Crippen LogP contribution in [-0.4, -0.2) is 59.7 Å². The van der Waals surface area contributed by atoms with Gasteiger partial charge in [-0.1, -0.05) is 0 Å². The molecule has 0 saturated carbocycles. The highest BCUT2D eigenvalue weighted by Gasteiger charge is 2.36. The molecule has 0 spiro atoms. The third-order valence-corrected chi connectivity index (χ3v) is 5.10. The third kappa shape index (κ3) is 2.16. The molecule has 2 atom stereocenters. The summed E-state index contributed by atoms with van der Waals surface area (Å²) in [4.78, 5) is 4.03. The van der Waals surface area contributed by atoms with Gasteiger partial charge < -0.3 is 15.0 Å². The summed E-state index contributed by atoms with van der Waals surface area (Å²) in [5.41, 5.74) is 0. The normalized spacial score (nSPS) is 24.9. The summed E-state index contributed by atoms with van der Waals surface area (Å²) in [5.74, 6) is 0.632. The fourth-order valence-electron chi connectivity index (χ4n) is 2.00. The summed E-state index contributed by atoms with van der Waals surface area (Å²) in [5, 5.41) is 12.7. The van der Waals surface area contributed by atoms with Crippen LogP contribution in [0.25, 0.3) is 0 Å². The van der Waals surface area contributed by atoms with Crippen LogP contribution in [0.5, 0.6) is 0 Å². The van der Waals surface area contributed by atoms with Gasteiger partial charge in [-0.05, 0) is 6.92 Å². The standard InChI is InChI=1S/C10H18N4O3S/c1-7-12-10(6-13(7)2)18(16,17)14(3)8-4-11-5-9(8)15/h6,8-9,11,15H,4-5H2,1-3H3/t8-,9-/m1/s1. The molecule has 8 heteroatoms. The molecular weight excluding hydrogens is 256 g/mol. The van der Waals surface area contributed by atoms with E-state index < -0.39 is 22.2 Å². The van der Waals surface area contributed by atoms with Gasteiger partial charge in [0.25, 0.3) is 10.0 Å². The molecule has 0 unspecified atom stereocenters. The number of sulfonamides is 1. The lowest BCUT2D eigenvalue weighted by Gasteiger charge is -2.24. The van der Waals surface area contributed by atoms with Gasteiger partial charge in [0.2, 0.25) is 0 Å². The van der Waals surface area contributed by atoms with Gasteiger partial charge in [-0.15, -0.1) is 0 Å². The number of aliphatic hydroxyl groups excluding tert-OH is 1. The topological polar surface area (TPSA) is 87.5 Å². The predicted octanol–water partition coefficient (Wildman–Crippen LogP) is -1.32. The second-order valence-electron chi connectivity index (χ2n) is 4.55. The Kier molecular flexibility index (Phi) is 3.45. The van der Waals surface area contributed by atoms with Crippen LogP contribution in [0.1, 0.15) is 5.82 Å². The van der Waals surface area contributed by atoms with Gasteiger partial charge in [-0.2, -0.15) is 4.31 Å². The van der Waals surface area contributed by atoms with Crippen molar-refractivity contribution in [2.75, 3.05) is 20.1 Å². The van der Waals surface area contributed by atoms with Crippen LogP contribution in [0.4, 0.5) is 0 Å². The number of aromatic nitrogens is 2. The molecule has 0 bridgehead atoms. The summed E-state index contributed by atoms with van der Waals surface area (Å²) >= 11 is 0. The number of hydrogen-bond donors (Lipinski definition) is 2. The van der Waals surface area contributed by atoms with E-state index in [1.54, 1.807) is 18.5 Å². The summed E-state index contributed by atoms with van der Waals surface area (Å²) in [6.45, 7) is 2.60. The van der Waals surface area contributed by atoms with E-state index in [1.165, 1.54) is 17.5 Å². The predicted molar refractivity (Wildman–Crippen MR) is 65.6 cm³/mol. The largest absolute Gasteiger partial charge is 0.390 e. The first-order valence-corrected chi connectivity index (χ1v) is 7.15. The molecule has 1 aromatic heterocycles. The number of hydrogen-bond acceptors (Lipinski definition) is 5. The quantitative estimate of drug-likeness (QED) is 0.714. The molecule has 0 amide bonds. The van der Waals surface area contributed by atoms with E-state index in [0.29, 0.717) is 18.9 Å². The van der Waals surface area contributed by atoms with Crippen LogP contribution in [0, 0.1) is 6.92 Å². The minimum atomic E-state index is -3.66. The van der Waals surface area contributed by atoms with Gasteiger partial charge in [0, 0.05) is 33.4 Å². The fraction of sp³-hybridized carbons (Fsp3) is 0.700. The van der Waals surface area contributed by atoms with E-state index in [0.717, 1.165) is 0 Å². The summed E-state index contributed by atoms with van der Waals surface area (Å²) in [7, 11) is -0.440. The Hall–Kier alpha value is -0.960. The Balaban J connectivity index is 2.30. The first-order valence-electron chi connectivity index (χ1n) is 5.71. The second kappa shape index (κ2) is 4.61. The number of imidazole rings is 1. The van der Waals surface area contributed by atoms with Crippen molar-refractivity contribution in [3.05, 3.63) is 12.0 Å². The van der Waals surface area contributed by atoms with Crippen molar-refractivity contribution >= 4 is 10.0 Å². The Morgan fingerprint density at radius 3 is 2.67 bits per heavy atom. The van der Waals surface area contributed by atoms with Crippen LogP contribution < -0.4 is 5.32 Å². The van der Waals surface area contributed by atoms with Gasteiger partial charge in [-0.25, -0.2) is 13.4 Å². The molecule has 18 heavy (non-hydrogen) atoms. The minimum Gasteiger partial charge on any atom is -0.390 e. The zero-order chi connectivity index (χ0) is 13.5. The summed E-state index contributed by atoms with van der Waals surface area (Å²) in [6.07, 6.45) is 0.797. The second-order valence-corrected chi connectivity index (χ2v) is 6.50. The van der Waals surface area contributed by atoms with E-state index in [-0.39, 0.29) is 5.03 Å². The average molecular weight is 274 g/mol. The highest BCUT2D eigenvalue weighted by atomic mass is 32.2. The van der Waals surface area contributed by atoms with Crippen LogP contribution in [-0.2, 0) is 17.1 Å². The highest BCUT2D eigenvalue weighted by molar-refractivity contribution is 7.89. The Bertz CT molecular complexity index is 520. The first kappa shape index (κ1) is 13.5. The molecule has 0 radical (unpaired) electrons. The minimum absolute atomic E-state index is 0.0177. The lowest BCUT2D eigenvalue weighted by Crippen LogP contribution is -2.44. The number of likely N-dealkylation sites (N-methyl/N-ethyl adjacent to an activating group) is 1. The molecule has 1 aromatic rings. The number of rotatable bonds is 3. The van der Waals surface area contributed by atoms with Gasteiger partial charge >= 0.3 is 0 Å². The monoisotopic (exact) mass is 274 g/mol. The van der Waals surface area contributed by atoms with Crippen molar-refractivity contribution in [2.45, 2.75) is 24.1 Å². The van der Waals surface area contributed by atoms with Crippen LogP contribution in [0.2, 0.25) is 0 Å². The van der Waals surface area contributed by atoms with Crippen molar-refractivity contribution in [3.8, 4) is 0 Å². The Labute approximate surface area is 106 Å². The lowest BCUT2D eigenvalue weighted by molar-refractivity contribution is 0.136. The Morgan fingerprint density at radius 2 is 2.22 bits per heavy atom. The number of aryl methyl sites for hydroxylation is 2. The van der Waals surface area contributed by atoms with Gasteiger partial charge in [-0.3, -0.25) is 0 Å². The SMILES string of the molecule is Cc1nc(S(=O)(=O)N(C)[C@@H]2CNC[C@H]2O)cn1C. The molecule has 7 nitrogen and oxygen atoms in total. The molecular formula is C10H18N4O3S. The molecule has 1 fully saturated rings. The molecule has 0 aliphatic carbocycles. The van der Waals surface area contributed by atoms with E-state index in [4.69, 9.17) is 0 Å². The van der Waals surface area contributed by atoms with E-state index in [9.17, 15) is 13.5 Å². The Morgan fingerprint density at radius 1 is 1.56 bits per heavy atom. The molecule has 2 rings (SSSR count). The number of aliphatic hydroxyl groups is 1. The lowest BCUT2D eigenvalue weighted by atomic mass is 10.2. The van der Waals surface area contributed by atoms with Gasteiger partial charge in [0.15, 0.2) is 5.03 Å². The zero-order valence-electron chi connectivity index (χ0n) is 10.7. The van der Waals surface area contributed by atoms with E-state index in [2.05, 4.69) is 10.3 Å². The molecule has 1 aliphatic rings. The zero-order valence-corrected chi connectivity index (χ0v) is 11.5. The first-order chi connectivity index (χ1) is 8.34. The maximum absolute atomic E-state index is 12.3. The number of nitrogens with one attached hydrogen (secondary N) is 1. The van der Waals surface area contributed by atoms with Crippen LogP contribution in [0.3, 0.4) is 0 Å². The van der Waals surface area contributed by atoms with Crippen molar-refractivity contribution in [3.63, 3.8) is 0 Å². The number of nitrogens with zero attached hydrogens (tertiary/aromatic N) is 3. The van der Waals surface area contributed by atoms with Crippen molar-refractivity contribution in [1.29, 1.82) is 0 Å². The maximum atomic E-state index is 12.3. The van der Waals surface area contributed by atoms with E-state index >= 15 is 0 Å². The van der Waals surface area contributed by atoms with Crippen molar-refractivity contribution in [1.82, 2.24) is 19.2 Å². The molecule has 2 heterocycles. The molecule has 102 valence electrons. The maximum Gasteiger partial charge on any atom is 0.262 e. The molecule has 1 saturated heterocycles. The van der Waals surface area contributed by atoms with Gasteiger partial charge in [0.05, 0.1) is 12.1 Å². The van der Waals surface area contributed by atoms with Gasteiger partial charge in [0.1, 0.15) is 5.82 Å². The van der Waals surface area contributed by atoms with E-state index in [1.807, 2.05) is 0 Å². The molecule has 1 aliphatic heterocycles.